The van der Waals surface area contributed by atoms with Gasteiger partial charge in [-0.2, -0.15) is 0 Å². The Balaban J connectivity index is 1.63. The number of rotatable bonds is 3. The quantitative estimate of drug-likeness (QED) is 0.172. The molecule has 0 aromatic rings. The smallest absolute Gasteiger partial charge is 0.472 e. The molecule has 0 aromatic heterocycles. The van der Waals surface area contributed by atoms with Crippen LogP contribution in [0.1, 0.15) is 26.7 Å². The largest absolute Gasteiger partial charge is 0.860 e. The summed E-state index contributed by atoms with van der Waals surface area (Å²) in [5.41, 5.74) is -0.00541. The van der Waals surface area contributed by atoms with Gasteiger partial charge in [-0.05, 0) is 36.8 Å². The Morgan fingerprint density at radius 1 is 1.00 bits per heavy atom. The van der Waals surface area contributed by atoms with E-state index >= 15 is 0 Å². The Morgan fingerprint density at radius 3 is 2.07 bits per heavy atom. The van der Waals surface area contributed by atoms with E-state index < -0.39 is 102 Å². The highest BCUT2D eigenvalue weighted by Crippen LogP contribution is 2.50. The molecule has 0 spiro atoms. The van der Waals surface area contributed by atoms with Gasteiger partial charge >= 0.3 is 27.7 Å². The summed E-state index contributed by atoms with van der Waals surface area (Å²) in [6.07, 6.45) is -8.65. The summed E-state index contributed by atoms with van der Waals surface area (Å²) in [5, 5.41) is 40.5. The lowest BCUT2D eigenvalue weighted by atomic mass is 9.89. The lowest BCUT2D eigenvalue weighted by molar-refractivity contribution is -0.316. The molecule has 3 saturated heterocycles. The van der Waals surface area contributed by atoms with E-state index in [2.05, 4.69) is 15.2 Å². The van der Waals surface area contributed by atoms with Gasteiger partial charge in [0.2, 0.25) is 0 Å². The lowest BCUT2D eigenvalue weighted by Gasteiger charge is -2.52. The maximum atomic E-state index is 13.3. The fourth-order valence-electron chi connectivity index (χ4n) is 5.56. The first kappa shape index (κ1) is 30.2. The summed E-state index contributed by atoms with van der Waals surface area (Å²) in [4.78, 5) is 57.3. The number of hydrogen-bond acceptors (Lipinski definition) is 12. The van der Waals surface area contributed by atoms with Gasteiger partial charge in [-0.15, -0.1) is 0 Å². The van der Waals surface area contributed by atoms with Crippen molar-refractivity contribution >= 4 is 27.7 Å². The first-order chi connectivity index (χ1) is 19.1. The van der Waals surface area contributed by atoms with Crippen molar-refractivity contribution in [3.8, 4) is 0 Å². The predicted molar refractivity (Wildman–Crippen MR) is 125 cm³/mol. The van der Waals surface area contributed by atoms with E-state index in [1.54, 1.807) is 0 Å². The van der Waals surface area contributed by atoms with Crippen LogP contribution in [-0.2, 0) is 32.2 Å². The Labute approximate surface area is 232 Å². The third kappa shape index (κ3) is 5.85. The number of carbonyl (C=O) groups is 2. The van der Waals surface area contributed by atoms with Crippen molar-refractivity contribution in [1.82, 2.24) is 20.4 Å². The van der Waals surface area contributed by atoms with Crippen molar-refractivity contribution in [2.24, 2.45) is 0 Å². The van der Waals surface area contributed by atoms with Crippen LogP contribution in [0.5, 0.6) is 0 Å². The number of aliphatic hydroxyl groups excluding tert-OH is 1. The number of phosphoric ester groups is 2. The lowest BCUT2D eigenvalue weighted by Crippen LogP contribution is -2.68. The number of amides is 4. The molecule has 1 unspecified atom stereocenters. The Hall–Kier alpha value is -2.28. The third-order valence-electron chi connectivity index (χ3n) is 7.49. The number of nitrogens with one attached hydrogen (secondary N) is 2. The molecule has 0 saturated carbocycles. The van der Waals surface area contributed by atoms with E-state index in [1.807, 2.05) is 0 Å². The molecule has 5 heterocycles. The molecule has 5 aliphatic heterocycles. The molecule has 0 radical (unpaired) electrons. The van der Waals surface area contributed by atoms with Crippen LogP contribution in [0.2, 0.25) is 0 Å². The molecule has 6 N–H and O–H groups in total. The average molecular weight is 626 g/mol. The van der Waals surface area contributed by atoms with Crippen LogP contribution in [0, 0.1) is 0 Å². The van der Waals surface area contributed by atoms with Crippen LogP contribution >= 0.6 is 15.6 Å². The molecule has 41 heavy (non-hydrogen) atoms. The molecule has 4 bridgehead atoms. The molecular formula is C20H28N4O15P2-2. The zero-order valence-corrected chi connectivity index (χ0v) is 23.3. The van der Waals surface area contributed by atoms with Crippen molar-refractivity contribution < 1.29 is 71.8 Å². The summed E-state index contributed by atoms with van der Waals surface area (Å²) in [7, 11) is -9.99. The predicted octanol–water partition coefficient (Wildman–Crippen LogP) is -2.83. The number of aliphatic hydroxyl groups is 1. The topological polar surface area (TPSA) is 272 Å². The minimum absolute atomic E-state index is 0.0124. The van der Waals surface area contributed by atoms with Gasteiger partial charge in [0.25, 0.3) is 0 Å². The standard InChI is InChI=1S/C20H30N4O15P2/c1-7-15-16-8(2)18(27)22-20(29)24(16)14-4-10(12(38-14)6-35-40(30,31)32)39-41(33,34)36-5-11-9(25)3-13(37-11)23(15)19(28)21-17(7)26/h9-16,25-27H,3-6H2,1-2H3,(H,21,28)(H,22,29)(H,33,34)(H2,30,31,32)/p-2/t9-,10-,11+,12+,13+,14+,15-,16+/m0/s1. The van der Waals surface area contributed by atoms with Gasteiger partial charge in [0, 0.05) is 12.8 Å². The van der Waals surface area contributed by atoms with Crippen molar-refractivity contribution in [1.29, 1.82) is 0 Å². The third-order valence-corrected chi connectivity index (χ3v) is 8.99. The maximum absolute atomic E-state index is 13.3. The van der Waals surface area contributed by atoms with E-state index in [9.17, 15) is 48.7 Å². The molecule has 4 amide bonds. The summed E-state index contributed by atoms with van der Waals surface area (Å²) < 4.78 is 50.6. The Kier molecular flexibility index (Phi) is 7.93. The Morgan fingerprint density at radius 2 is 1.54 bits per heavy atom. The SMILES string of the molecule is CC1=C([O-])NC(=O)N2[C@H]1[C@@H]1C(C)=C([O-])NC(=O)N1[C@H]1C[C@H](O)[C@@H](COP(=O)(O)O[C@H]3C[C@H]2O[C@@H]3COP(=O)(O)O)O1. The zero-order valence-electron chi connectivity index (χ0n) is 21.5. The van der Waals surface area contributed by atoms with Crippen LogP contribution in [0.3, 0.4) is 0 Å². The summed E-state index contributed by atoms with van der Waals surface area (Å²) in [6.45, 7) is 1.24. The monoisotopic (exact) mass is 626 g/mol. The zero-order chi connectivity index (χ0) is 30.0. The van der Waals surface area contributed by atoms with Gasteiger partial charge in [-0.1, -0.05) is 0 Å². The molecular weight excluding hydrogens is 598 g/mol. The van der Waals surface area contributed by atoms with Gasteiger partial charge in [-0.25, -0.2) is 18.7 Å². The fraction of sp³-hybridized carbons (Fsp3) is 0.700. The number of urea groups is 2. The van der Waals surface area contributed by atoms with Crippen LogP contribution in [0.4, 0.5) is 9.59 Å². The normalized spacial score (nSPS) is 40.1. The summed E-state index contributed by atoms with van der Waals surface area (Å²) >= 11 is 0. The second-order valence-corrected chi connectivity index (χ2v) is 12.7. The van der Waals surface area contributed by atoms with Crippen LogP contribution in [-0.4, -0.2) is 104 Å². The molecule has 0 aliphatic carbocycles. The molecule has 3 fully saturated rings. The summed E-state index contributed by atoms with van der Waals surface area (Å²) in [5.74, 6) is -1.60. The number of phosphoric acid groups is 2. The second-order valence-electron chi connectivity index (χ2n) is 10.1. The number of fused-ring (bicyclic) bond motifs is 9. The minimum atomic E-state index is -5.04. The molecule has 5 rings (SSSR count). The number of nitrogens with zero attached hydrogens (tertiary/aromatic N) is 2. The number of hydrogen-bond donors (Lipinski definition) is 6. The maximum Gasteiger partial charge on any atom is 0.472 e. The van der Waals surface area contributed by atoms with Crippen molar-refractivity contribution in [3.05, 3.63) is 22.9 Å². The van der Waals surface area contributed by atoms with Gasteiger partial charge in [0.05, 0.1) is 31.4 Å². The summed E-state index contributed by atoms with van der Waals surface area (Å²) in [6, 6.07) is -4.61. The molecule has 19 nitrogen and oxygen atoms in total. The van der Waals surface area contributed by atoms with Crippen LogP contribution in [0.15, 0.2) is 22.9 Å². The van der Waals surface area contributed by atoms with Crippen LogP contribution < -0.4 is 20.8 Å². The van der Waals surface area contributed by atoms with Crippen molar-refractivity contribution in [3.63, 3.8) is 0 Å². The van der Waals surface area contributed by atoms with Gasteiger partial charge in [0.15, 0.2) is 0 Å². The highest BCUT2D eigenvalue weighted by atomic mass is 31.2. The molecule has 0 aromatic carbocycles. The highest BCUT2D eigenvalue weighted by Gasteiger charge is 2.54. The first-order valence-corrected chi connectivity index (χ1v) is 15.4. The minimum Gasteiger partial charge on any atom is -0.860 e. The molecule has 9 atom stereocenters. The average Bonchev–Trinajstić information content (AvgIpc) is 3.42. The van der Waals surface area contributed by atoms with Crippen molar-refractivity contribution in [2.75, 3.05) is 13.2 Å². The van der Waals surface area contributed by atoms with E-state index in [0.717, 1.165) is 9.80 Å². The first-order valence-electron chi connectivity index (χ1n) is 12.4. The van der Waals surface area contributed by atoms with E-state index in [-0.39, 0.29) is 24.0 Å². The van der Waals surface area contributed by atoms with E-state index in [1.165, 1.54) is 13.8 Å². The Bertz CT molecular complexity index is 1270. The molecule has 5 aliphatic rings. The second kappa shape index (κ2) is 10.8. The fourth-order valence-corrected chi connectivity index (χ4v) is 6.87. The number of ether oxygens (including phenoxy) is 2. The van der Waals surface area contributed by atoms with Gasteiger partial charge in [-0.3, -0.25) is 23.4 Å². The van der Waals surface area contributed by atoms with Gasteiger partial charge < -0.3 is 50.1 Å². The van der Waals surface area contributed by atoms with E-state index in [4.69, 9.17) is 18.5 Å². The van der Waals surface area contributed by atoms with Gasteiger partial charge in [0.1, 0.15) is 30.8 Å². The van der Waals surface area contributed by atoms with Crippen LogP contribution in [0.25, 0.3) is 0 Å². The van der Waals surface area contributed by atoms with E-state index in [0.29, 0.717) is 0 Å². The highest BCUT2D eigenvalue weighted by molar-refractivity contribution is 7.47. The molecule has 21 heteroatoms. The number of carbonyl (C=O) groups excluding carboxylic acids is 2. The van der Waals surface area contributed by atoms with Crippen molar-refractivity contribution in [2.45, 2.75) is 75.6 Å². The molecule has 230 valence electrons.